The Bertz CT molecular complexity index is 1110. The maximum absolute atomic E-state index is 11.9. The van der Waals surface area contributed by atoms with Gasteiger partial charge in [-0.15, -0.1) is 0 Å². The van der Waals surface area contributed by atoms with Crippen LogP contribution in [0.4, 0.5) is 0 Å². The highest BCUT2D eigenvalue weighted by atomic mass is 31.2. The van der Waals surface area contributed by atoms with E-state index in [0.29, 0.717) is 12.8 Å². The molecule has 0 aliphatic rings. The molecule has 3 unspecified atom stereocenters. The molecule has 3 atom stereocenters. The van der Waals surface area contributed by atoms with Gasteiger partial charge in [0.1, 0.15) is 12.7 Å². The highest BCUT2D eigenvalue weighted by molar-refractivity contribution is 7.47. The zero-order valence-corrected chi connectivity index (χ0v) is 28.0. The van der Waals surface area contributed by atoms with Crippen LogP contribution in [0.25, 0.3) is 0 Å². The summed E-state index contributed by atoms with van der Waals surface area (Å²) < 4.78 is 25.9. The van der Waals surface area contributed by atoms with E-state index in [1.807, 2.05) is 17.5 Å². The van der Waals surface area contributed by atoms with Gasteiger partial charge in [0.25, 0.3) is 0 Å². The maximum Gasteiger partial charge on any atom is 0.472 e. The average molecular weight is 666 g/mol. The Morgan fingerprint density at radius 3 is 1.59 bits per heavy atom. The summed E-state index contributed by atoms with van der Waals surface area (Å²) in [5, 5.41) is 20.8. The number of phosphoric acid groups is 1. The van der Waals surface area contributed by atoms with E-state index >= 15 is 0 Å². The summed E-state index contributed by atoms with van der Waals surface area (Å²) in [5.74, 6) is -2.67. The van der Waals surface area contributed by atoms with Gasteiger partial charge in [0.15, 0.2) is 6.04 Å². The van der Waals surface area contributed by atoms with Crippen molar-refractivity contribution in [2.75, 3.05) is 19.8 Å². The van der Waals surface area contributed by atoms with Gasteiger partial charge in [0, 0.05) is 13.3 Å². The molecule has 0 bridgehead atoms. The number of carbonyl (C=O) groups excluding carboxylic acids is 2. The highest BCUT2D eigenvalue weighted by Crippen LogP contribution is 2.43. The zero-order chi connectivity index (χ0) is 34.3. The summed E-state index contributed by atoms with van der Waals surface area (Å²) in [7, 11) is -4.72. The van der Waals surface area contributed by atoms with Crippen molar-refractivity contribution in [3.63, 3.8) is 0 Å². The molecule has 0 aliphatic carbocycles. The van der Waals surface area contributed by atoms with Gasteiger partial charge in [-0.2, -0.15) is 0 Å². The molecular formula is C34H52NO10P. The normalized spacial score (nSPS) is 15.2. The molecule has 0 saturated carbocycles. The number of carbonyl (C=O) groups is 3. The summed E-state index contributed by atoms with van der Waals surface area (Å²) >= 11 is 0. The fraction of sp³-hybridized carbons (Fsp3) is 0.500. The molecule has 0 spiro atoms. The monoisotopic (exact) mass is 665 g/mol. The predicted octanol–water partition coefficient (Wildman–Crippen LogP) is 6.43. The molecule has 46 heavy (non-hydrogen) atoms. The number of aliphatic hydroxyl groups is 1. The molecule has 0 aromatic heterocycles. The number of unbranched alkanes of at least 4 members (excludes halogenated alkanes) is 1. The molecule has 0 aromatic carbocycles. The van der Waals surface area contributed by atoms with Crippen LogP contribution >= 0.6 is 7.82 Å². The lowest BCUT2D eigenvalue weighted by molar-refractivity contribution is -0.147. The van der Waals surface area contributed by atoms with E-state index in [2.05, 4.69) is 88.9 Å². The number of rotatable bonds is 27. The third-order valence-corrected chi connectivity index (χ3v) is 6.68. The average Bonchev–Trinajstić information content (AvgIpc) is 3.01. The summed E-state index contributed by atoms with van der Waals surface area (Å²) in [6.45, 7) is 1.23. The van der Waals surface area contributed by atoms with Crippen molar-refractivity contribution >= 4 is 25.7 Å². The van der Waals surface area contributed by atoms with Crippen LogP contribution in [0.2, 0.25) is 0 Å². The zero-order valence-electron chi connectivity index (χ0n) is 27.1. The molecule has 258 valence electrons. The molecule has 4 N–H and O–H groups in total. The number of nitrogens with one attached hydrogen (secondary N) is 1. The van der Waals surface area contributed by atoms with E-state index in [-0.39, 0.29) is 6.42 Å². The Morgan fingerprint density at radius 2 is 1.15 bits per heavy atom. The Labute approximate surface area is 273 Å². The minimum absolute atomic E-state index is 0.138. The van der Waals surface area contributed by atoms with Crippen molar-refractivity contribution in [2.24, 2.45) is 0 Å². The van der Waals surface area contributed by atoms with E-state index in [4.69, 9.17) is 9.84 Å². The fourth-order valence-electron chi connectivity index (χ4n) is 3.39. The van der Waals surface area contributed by atoms with Crippen molar-refractivity contribution in [2.45, 2.75) is 90.2 Å². The third kappa shape index (κ3) is 29.4. The van der Waals surface area contributed by atoms with Gasteiger partial charge in [-0.05, 0) is 57.8 Å². The molecule has 0 radical (unpaired) electrons. The van der Waals surface area contributed by atoms with Crippen LogP contribution in [0, 0.1) is 0 Å². The summed E-state index contributed by atoms with van der Waals surface area (Å²) in [6.07, 6.45) is 36.5. The van der Waals surface area contributed by atoms with Gasteiger partial charge in [-0.25, -0.2) is 9.36 Å². The smallest absolute Gasteiger partial charge is 0.472 e. The number of hydrogen-bond donors (Lipinski definition) is 4. The molecule has 0 heterocycles. The largest absolute Gasteiger partial charge is 0.480 e. The first-order valence-corrected chi connectivity index (χ1v) is 17.1. The standard InChI is InChI=1S/C34H52NO10P/c1-3-4-5-6-7-8-9-10-11-12-13-14-15-16-17-18-19-20-21-22-23-24-25-26-33(38)43-27-31(37)28-44-46(41,42)45-29-32(34(39)40)35-30(2)36/h4-5,7-8,10-11,13-14,16-17,19-20,22-23,31-32,37H,3,6,9,12,15,18,21,24-29H2,1-2H3,(H,35,36)(H,39,40)(H,41,42)/b5-4-,8-7-,11-10-,14-13-,17-16-,20-19-,23-22-. The maximum atomic E-state index is 11.9. The molecular weight excluding hydrogens is 613 g/mol. The van der Waals surface area contributed by atoms with Crippen molar-refractivity contribution < 1.29 is 47.8 Å². The molecule has 0 rings (SSSR count). The second kappa shape index (κ2) is 29.1. The van der Waals surface area contributed by atoms with Crippen LogP contribution in [0.15, 0.2) is 85.1 Å². The van der Waals surface area contributed by atoms with Gasteiger partial charge in [0.05, 0.1) is 13.2 Å². The van der Waals surface area contributed by atoms with E-state index in [1.165, 1.54) is 0 Å². The Hall–Kier alpha value is -3.34. The van der Waals surface area contributed by atoms with Gasteiger partial charge < -0.3 is 25.2 Å². The minimum atomic E-state index is -4.72. The summed E-state index contributed by atoms with van der Waals surface area (Å²) in [4.78, 5) is 43.5. The number of amides is 1. The van der Waals surface area contributed by atoms with Crippen LogP contribution in [0.5, 0.6) is 0 Å². The topological polar surface area (TPSA) is 169 Å². The number of phosphoric ester groups is 1. The van der Waals surface area contributed by atoms with E-state index < -0.39 is 57.6 Å². The predicted molar refractivity (Wildman–Crippen MR) is 180 cm³/mol. The quantitative estimate of drug-likeness (QED) is 0.0332. The van der Waals surface area contributed by atoms with Crippen LogP contribution in [0.3, 0.4) is 0 Å². The molecule has 0 aromatic rings. The Balaban J connectivity index is 3.88. The molecule has 11 nitrogen and oxygen atoms in total. The lowest BCUT2D eigenvalue weighted by Crippen LogP contribution is -2.42. The van der Waals surface area contributed by atoms with Crippen molar-refractivity contribution in [1.29, 1.82) is 0 Å². The molecule has 0 aliphatic heterocycles. The second-order valence-electron chi connectivity index (χ2n) is 10.0. The SMILES string of the molecule is CC/C=C\C/C=C\C/C=C\C/C=C\C/C=C\C/C=C\C/C=C\CCCC(=O)OCC(O)COP(=O)(O)OCC(NC(C)=O)C(=O)O. The van der Waals surface area contributed by atoms with Crippen LogP contribution < -0.4 is 5.32 Å². The first-order chi connectivity index (χ1) is 22.1. The number of hydrogen-bond acceptors (Lipinski definition) is 8. The van der Waals surface area contributed by atoms with E-state index in [9.17, 15) is 28.9 Å². The number of aliphatic hydroxyl groups excluding tert-OH is 1. The number of esters is 1. The van der Waals surface area contributed by atoms with Crippen molar-refractivity contribution in [3.05, 3.63) is 85.1 Å². The Morgan fingerprint density at radius 1 is 0.717 bits per heavy atom. The highest BCUT2D eigenvalue weighted by Gasteiger charge is 2.28. The van der Waals surface area contributed by atoms with Crippen LogP contribution in [-0.2, 0) is 32.7 Å². The fourth-order valence-corrected chi connectivity index (χ4v) is 4.16. The van der Waals surface area contributed by atoms with Crippen LogP contribution in [0.1, 0.15) is 78.1 Å². The van der Waals surface area contributed by atoms with Gasteiger partial charge >= 0.3 is 19.8 Å². The molecule has 12 heteroatoms. The number of ether oxygens (including phenoxy) is 1. The van der Waals surface area contributed by atoms with Crippen molar-refractivity contribution in [1.82, 2.24) is 5.32 Å². The lowest BCUT2D eigenvalue weighted by atomic mass is 10.2. The number of carboxylic acids is 1. The Kier molecular flexibility index (Phi) is 27.0. The van der Waals surface area contributed by atoms with Gasteiger partial charge in [-0.1, -0.05) is 92.0 Å². The van der Waals surface area contributed by atoms with Crippen molar-refractivity contribution in [3.8, 4) is 0 Å². The molecule has 1 amide bonds. The third-order valence-electron chi connectivity index (χ3n) is 5.73. The number of allylic oxidation sites excluding steroid dienone is 14. The molecule has 0 fully saturated rings. The first-order valence-electron chi connectivity index (χ1n) is 15.6. The lowest BCUT2D eigenvalue weighted by Gasteiger charge is -2.18. The van der Waals surface area contributed by atoms with E-state index in [0.717, 1.165) is 51.9 Å². The first kappa shape index (κ1) is 42.7. The number of aliphatic carboxylic acids is 1. The van der Waals surface area contributed by atoms with Gasteiger partial charge in [-0.3, -0.25) is 18.6 Å². The van der Waals surface area contributed by atoms with E-state index in [1.54, 1.807) is 0 Å². The summed E-state index contributed by atoms with van der Waals surface area (Å²) in [5.41, 5.74) is 0. The van der Waals surface area contributed by atoms with Crippen LogP contribution in [-0.4, -0.2) is 64.9 Å². The molecule has 0 saturated heterocycles. The second-order valence-corrected chi connectivity index (χ2v) is 11.5. The summed E-state index contributed by atoms with van der Waals surface area (Å²) in [6, 6.07) is -1.56. The van der Waals surface area contributed by atoms with Gasteiger partial charge in [0.2, 0.25) is 5.91 Å². The minimum Gasteiger partial charge on any atom is -0.480 e. The number of carboxylic acid groups (broad SMARTS) is 1.